The molecule has 0 aliphatic carbocycles. The lowest BCUT2D eigenvalue weighted by Crippen LogP contribution is -2.35. The van der Waals surface area contributed by atoms with Gasteiger partial charge >= 0.3 is 5.97 Å². The number of aliphatic carboxylic acids is 1. The van der Waals surface area contributed by atoms with E-state index in [-0.39, 0.29) is 18.7 Å². The van der Waals surface area contributed by atoms with Crippen molar-refractivity contribution in [1.82, 2.24) is 4.90 Å². The number of likely N-dealkylation sites (tertiary alicyclic amines) is 1. The normalized spacial score (nSPS) is 17.1. The SMILES string of the molecule is Cc1ccccc1C(C(=O)O)N1CC(=O)CC1=O. The highest BCUT2D eigenvalue weighted by molar-refractivity contribution is 6.06. The van der Waals surface area contributed by atoms with Crippen molar-refractivity contribution in [3.63, 3.8) is 0 Å². The van der Waals surface area contributed by atoms with E-state index in [9.17, 15) is 19.5 Å². The second kappa shape index (κ2) is 4.60. The molecule has 1 aromatic rings. The van der Waals surface area contributed by atoms with Gasteiger partial charge in [0, 0.05) is 0 Å². The maximum Gasteiger partial charge on any atom is 0.331 e. The molecule has 1 N–H and O–H groups in total. The van der Waals surface area contributed by atoms with Crippen molar-refractivity contribution in [3.05, 3.63) is 35.4 Å². The quantitative estimate of drug-likeness (QED) is 0.806. The number of carbonyl (C=O) groups excluding carboxylic acids is 2. The molecule has 18 heavy (non-hydrogen) atoms. The number of aryl methyl sites for hydroxylation is 1. The first-order chi connectivity index (χ1) is 8.50. The van der Waals surface area contributed by atoms with E-state index in [0.717, 1.165) is 10.5 Å². The fourth-order valence-electron chi connectivity index (χ4n) is 2.17. The average Bonchev–Trinajstić information content (AvgIpc) is 2.61. The molecule has 94 valence electrons. The van der Waals surface area contributed by atoms with Crippen LogP contribution < -0.4 is 0 Å². The van der Waals surface area contributed by atoms with Crippen molar-refractivity contribution < 1.29 is 19.5 Å². The lowest BCUT2D eigenvalue weighted by atomic mass is 10.0. The number of ketones is 1. The molecule has 0 aromatic heterocycles. The van der Waals surface area contributed by atoms with Gasteiger partial charge in [-0.2, -0.15) is 0 Å². The Morgan fingerprint density at radius 1 is 1.33 bits per heavy atom. The second-order valence-electron chi connectivity index (χ2n) is 4.33. The standard InChI is InChI=1S/C13H13NO4/c1-8-4-2-3-5-10(8)12(13(17)18)14-7-9(15)6-11(14)16/h2-5,12H,6-7H2,1H3,(H,17,18). The van der Waals surface area contributed by atoms with Crippen molar-refractivity contribution in [3.8, 4) is 0 Å². The number of Topliss-reactive ketones (excluding diaryl/α,β-unsaturated/α-hetero) is 1. The van der Waals surface area contributed by atoms with Gasteiger partial charge in [0.05, 0.1) is 13.0 Å². The summed E-state index contributed by atoms with van der Waals surface area (Å²) in [5.74, 6) is -1.78. The largest absolute Gasteiger partial charge is 0.479 e. The minimum absolute atomic E-state index is 0.121. The van der Waals surface area contributed by atoms with E-state index in [1.807, 2.05) is 0 Å². The Bertz CT molecular complexity index is 523. The summed E-state index contributed by atoms with van der Waals surface area (Å²) in [6, 6.07) is 5.90. The average molecular weight is 247 g/mol. The molecule has 1 unspecified atom stereocenters. The Kier molecular flexibility index (Phi) is 3.14. The van der Waals surface area contributed by atoms with Gasteiger partial charge in [-0.05, 0) is 18.1 Å². The van der Waals surface area contributed by atoms with Gasteiger partial charge < -0.3 is 10.0 Å². The molecule has 5 heteroatoms. The highest BCUT2D eigenvalue weighted by atomic mass is 16.4. The molecule has 0 bridgehead atoms. The van der Waals surface area contributed by atoms with Gasteiger partial charge in [0.1, 0.15) is 0 Å². The van der Waals surface area contributed by atoms with Crippen LogP contribution in [0.25, 0.3) is 0 Å². The van der Waals surface area contributed by atoms with Crippen molar-refractivity contribution in [2.45, 2.75) is 19.4 Å². The summed E-state index contributed by atoms with van der Waals surface area (Å²) < 4.78 is 0. The molecule has 1 aliphatic heterocycles. The molecule has 1 aromatic carbocycles. The number of rotatable bonds is 3. The summed E-state index contributed by atoms with van der Waals surface area (Å²) in [6.45, 7) is 1.66. The Balaban J connectivity index is 2.41. The number of benzene rings is 1. The first kappa shape index (κ1) is 12.3. The molecule has 2 rings (SSSR count). The third-order valence-corrected chi connectivity index (χ3v) is 3.04. The molecule has 5 nitrogen and oxygen atoms in total. The number of carboxylic acid groups (broad SMARTS) is 1. The molecule has 0 radical (unpaired) electrons. The summed E-state index contributed by atoms with van der Waals surface area (Å²) >= 11 is 0. The van der Waals surface area contributed by atoms with Gasteiger partial charge in [0.25, 0.3) is 0 Å². The predicted molar refractivity (Wildman–Crippen MR) is 62.9 cm³/mol. The molecule has 1 atom stereocenters. The van der Waals surface area contributed by atoms with E-state index in [4.69, 9.17) is 0 Å². The molecule has 1 fully saturated rings. The van der Waals surface area contributed by atoms with Crippen LogP contribution in [0.3, 0.4) is 0 Å². The third kappa shape index (κ3) is 2.11. The predicted octanol–water partition coefficient (Wildman–Crippen LogP) is 0.922. The van der Waals surface area contributed by atoms with E-state index in [0.29, 0.717) is 5.56 Å². The topological polar surface area (TPSA) is 74.7 Å². The van der Waals surface area contributed by atoms with Crippen molar-refractivity contribution >= 4 is 17.7 Å². The molecule has 0 saturated carbocycles. The summed E-state index contributed by atoms with van der Waals surface area (Å²) in [6.07, 6.45) is -0.199. The summed E-state index contributed by atoms with van der Waals surface area (Å²) in [5.41, 5.74) is 1.34. The summed E-state index contributed by atoms with van der Waals surface area (Å²) in [7, 11) is 0. The molecular formula is C13H13NO4. The van der Waals surface area contributed by atoms with E-state index >= 15 is 0 Å². The number of carbonyl (C=O) groups is 3. The highest BCUT2D eigenvalue weighted by Gasteiger charge is 2.38. The molecule has 1 aliphatic rings. The summed E-state index contributed by atoms with van der Waals surface area (Å²) in [4.78, 5) is 35.4. The van der Waals surface area contributed by atoms with Crippen LogP contribution in [0, 0.1) is 6.92 Å². The molecule has 1 amide bonds. The zero-order chi connectivity index (χ0) is 13.3. The van der Waals surface area contributed by atoms with Crippen molar-refractivity contribution in [2.75, 3.05) is 6.54 Å². The first-order valence-corrected chi connectivity index (χ1v) is 5.60. The van der Waals surface area contributed by atoms with Crippen LogP contribution in [-0.4, -0.2) is 34.2 Å². The molecule has 1 saturated heterocycles. The van der Waals surface area contributed by atoms with Crippen LogP contribution >= 0.6 is 0 Å². The van der Waals surface area contributed by atoms with Crippen molar-refractivity contribution in [1.29, 1.82) is 0 Å². The third-order valence-electron chi connectivity index (χ3n) is 3.04. The smallest absolute Gasteiger partial charge is 0.331 e. The van der Waals surface area contributed by atoms with E-state index in [1.54, 1.807) is 31.2 Å². The van der Waals surface area contributed by atoms with E-state index < -0.39 is 17.9 Å². The monoisotopic (exact) mass is 247 g/mol. The van der Waals surface area contributed by atoms with Gasteiger partial charge in [-0.1, -0.05) is 24.3 Å². The maximum atomic E-state index is 11.7. The zero-order valence-electron chi connectivity index (χ0n) is 9.92. The van der Waals surface area contributed by atoms with Crippen LogP contribution in [-0.2, 0) is 14.4 Å². The zero-order valence-corrected chi connectivity index (χ0v) is 9.92. The van der Waals surface area contributed by atoms with Crippen LogP contribution in [0.1, 0.15) is 23.6 Å². The van der Waals surface area contributed by atoms with Crippen LogP contribution in [0.15, 0.2) is 24.3 Å². The van der Waals surface area contributed by atoms with Gasteiger partial charge in [0.2, 0.25) is 5.91 Å². The minimum atomic E-state index is -1.12. The lowest BCUT2D eigenvalue weighted by Gasteiger charge is -2.25. The van der Waals surface area contributed by atoms with E-state index in [2.05, 4.69) is 0 Å². The number of nitrogens with zero attached hydrogens (tertiary/aromatic N) is 1. The fourth-order valence-corrected chi connectivity index (χ4v) is 2.17. The Labute approximate surface area is 104 Å². The Morgan fingerprint density at radius 3 is 2.50 bits per heavy atom. The van der Waals surface area contributed by atoms with Crippen LogP contribution in [0.4, 0.5) is 0 Å². The highest BCUT2D eigenvalue weighted by Crippen LogP contribution is 2.27. The minimum Gasteiger partial charge on any atom is -0.479 e. The number of amides is 1. The van der Waals surface area contributed by atoms with Crippen molar-refractivity contribution in [2.24, 2.45) is 0 Å². The van der Waals surface area contributed by atoms with Crippen LogP contribution in [0.2, 0.25) is 0 Å². The van der Waals surface area contributed by atoms with E-state index in [1.165, 1.54) is 0 Å². The number of carboxylic acids is 1. The first-order valence-electron chi connectivity index (χ1n) is 5.60. The van der Waals surface area contributed by atoms with Gasteiger partial charge in [-0.3, -0.25) is 9.59 Å². The fraction of sp³-hybridized carbons (Fsp3) is 0.308. The maximum absolute atomic E-state index is 11.7. The number of hydrogen-bond acceptors (Lipinski definition) is 3. The second-order valence-corrected chi connectivity index (χ2v) is 4.33. The molecule has 1 heterocycles. The number of hydrogen-bond donors (Lipinski definition) is 1. The summed E-state index contributed by atoms with van der Waals surface area (Å²) in [5, 5.41) is 9.31. The molecular weight excluding hydrogens is 234 g/mol. The lowest BCUT2D eigenvalue weighted by molar-refractivity contribution is -0.148. The van der Waals surface area contributed by atoms with Gasteiger partial charge in [-0.25, -0.2) is 4.79 Å². The van der Waals surface area contributed by atoms with Crippen LogP contribution in [0.5, 0.6) is 0 Å². The van der Waals surface area contributed by atoms with Gasteiger partial charge in [-0.15, -0.1) is 0 Å². The van der Waals surface area contributed by atoms with Gasteiger partial charge in [0.15, 0.2) is 11.8 Å². The Hall–Kier alpha value is -2.17. The Morgan fingerprint density at radius 2 is 2.00 bits per heavy atom. The molecule has 0 spiro atoms.